The van der Waals surface area contributed by atoms with Crippen LogP contribution in [0, 0.1) is 0 Å². The average Bonchev–Trinajstić information content (AvgIpc) is 2.75. The third-order valence-electron chi connectivity index (χ3n) is 3.99. The minimum atomic E-state index is -0.410. The lowest BCUT2D eigenvalue weighted by molar-refractivity contribution is -0.121. The molecule has 3 aromatic rings. The van der Waals surface area contributed by atoms with Crippen LogP contribution in [0.15, 0.2) is 90.0 Å². The van der Waals surface area contributed by atoms with Crippen LogP contribution in [-0.2, 0) is 11.2 Å². The Labute approximate surface area is 163 Å². The molecule has 0 radical (unpaired) electrons. The van der Waals surface area contributed by atoms with Crippen molar-refractivity contribution in [2.45, 2.75) is 12.8 Å². The fourth-order valence-electron chi connectivity index (χ4n) is 2.50. The summed E-state index contributed by atoms with van der Waals surface area (Å²) < 4.78 is 5.32. The molecule has 1 amide bonds. The molecule has 3 aromatic carbocycles. The lowest BCUT2D eigenvalue weighted by Gasteiger charge is -2.04. The van der Waals surface area contributed by atoms with Crippen LogP contribution in [0.5, 0.6) is 5.75 Å². The van der Waals surface area contributed by atoms with E-state index >= 15 is 0 Å². The van der Waals surface area contributed by atoms with Crippen LogP contribution in [-0.4, -0.2) is 18.1 Å². The molecule has 0 aromatic heterocycles. The van der Waals surface area contributed by atoms with Crippen molar-refractivity contribution in [3.05, 3.63) is 102 Å². The maximum atomic E-state index is 12.0. The molecule has 3 rings (SSSR count). The number of hydrazone groups is 1. The number of esters is 1. The van der Waals surface area contributed by atoms with E-state index in [4.69, 9.17) is 4.74 Å². The van der Waals surface area contributed by atoms with E-state index in [1.54, 1.807) is 54.7 Å². The van der Waals surface area contributed by atoms with Crippen molar-refractivity contribution in [3.63, 3.8) is 0 Å². The minimum absolute atomic E-state index is 0.145. The molecule has 5 heteroatoms. The Bertz CT molecular complexity index is 937. The van der Waals surface area contributed by atoms with Crippen LogP contribution < -0.4 is 10.2 Å². The summed E-state index contributed by atoms with van der Waals surface area (Å²) in [6.07, 6.45) is 2.59. The van der Waals surface area contributed by atoms with E-state index < -0.39 is 5.97 Å². The molecule has 0 spiro atoms. The molecule has 0 atom stereocenters. The number of amides is 1. The first-order valence-electron chi connectivity index (χ1n) is 8.94. The first-order valence-corrected chi connectivity index (χ1v) is 8.94. The lowest BCUT2D eigenvalue weighted by atomic mass is 10.1. The van der Waals surface area contributed by atoms with E-state index in [1.165, 1.54) is 0 Å². The number of aryl methyl sites for hydroxylation is 1. The second-order valence-electron chi connectivity index (χ2n) is 6.10. The van der Waals surface area contributed by atoms with Gasteiger partial charge in [-0.15, -0.1) is 0 Å². The molecule has 5 nitrogen and oxygen atoms in total. The van der Waals surface area contributed by atoms with E-state index in [2.05, 4.69) is 10.5 Å². The highest BCUT2D eigenvalue weighted by Gasteiger charge is 2.07. The van der Waals surface area contributed by atoms with Gasteiger partial charge in [0.05, 0.1) is 11.8 Å². The summed E-state index contributed by atoms with van der Waals surface area (Å²) in [5.41, 5.74) is 4.90. The largest absolute Gasteiger partial charge is 0.423 e. The van der Waals surface area contributed by atoms with E-state index in [-0.39, 0.29) is 5.91 Å². The predicted octanol–water partition coefficient (Wildman–Crippen LogP) is 3.99. The van der Waals surface area contributed by atoms with Gasteiger partial charge in [0.2, 0.25) is 5.91 Å². The number of carbonyl (C=O) groups excluding carboxylic acids is 2. The SMILES string of the molecule is O=C(CCc1ccccc1)NN=Cc1ccc(OC(=O)c2ccccc2)cc1. The standard InChI is InChI=1S/C23H20N2O3/c26-22(16-13-18-7-3-1-4-8-18)25-24-17-19-11-14-21(15-12-19)28-23(27)20-9-5-2-6-10-20/h1-12,14-15,17H,13,16H2,(H,25,26). The average molecular weight is 372 g/mol. The van der Waals surface area contributed by atoms with Crippen molar-refractivity contribution >= 4 is 18.1 Å². The van der Waals surface area contributed by atoms with E-state index in [0.29, 0.717) is 24.2 Å². The zero-order valence-corrected chi connectivity index (χ0v) is 15.2. The Hall–Kier alpha value is -3.73. The highest BCUT2D eigenvalue weighted by Crippen LogP contribution is 2.13. The van der Waals surface area contributed by atoms with Gasteiger partial charge in [-0.05, 0) is 53.9 Å². The van der Waals surface area contributed by atoms with Gasteiger partial charge in [-0.2, -0.15) is 5.10 Å². The Morgan fingerprint density at radius 2 is 1.50 bits per heavy atom. The van der Waals surface area contributed by atoms with Crippen LogP contribution >= 0.6 is 0 Å². The summed E-state index contributed by atoms with van der Waals surface area (Å²) in [5, 5.41) is 3.96. The Balaban J connectivity index is 1.46. The summed E-state index contributed by atoms with van der Waals surface area (Å²) in [6, 6.07) is 25.5. The number of benzene rings is 3. The Kier molecular flexibility index (Phi) is 6.68. The van der Waals surface area contributed by atoms with Crippen molar-refractivity contribution in [2.75, 3.05) is 0 Å². The van der Waals surface area contributed by atoms with Crippen LogP contribution in [0.1, 0.15) is 27.9 Å². The molecule has 1 N–H and O–H groups in total. The normalized spacial score (nSPS) is 10.6. The zero-order chi connectivity index (χ0) is 19.6. The van der Waals surface area contributed by atoms with Crippen LogP contribution in [0.3, 0.4) is 0 Å². The van der Waals surface area contributed by atoms with E-state index in [0.717, 1.165) is 11.1 Å². The molecule has 0 saturated carbocycles. The van der Waals surface area contributed by atoms with Gasteiger partial charge in [-0.25, -0.2) is 10.2 Å². The topological polar surface area (TPSA) is 67.8 Å². The van der Waals surface area contributed by atoms with Crippen LogP contribution in [0.2, 0.25) is 0 Å². The lowest BCUT2D eigenvalue weighted by Crippen LogP contribution is -2.17. The number of carbonyl (C=O) groups is 2. The number of ether oxygens (including phenoxy) is 1. The maximum Gasteiger partial charge on any atom is 0.343 e. The van der Waals surface area contributed by atoms with Gasteiger partial charge in [0.25, 0.3) is 0 Å². The van der Waals surface area contributed by atoms with E-state index in [9.17, 15) is 9.59 Å². The predicted molar refractivity (Wildman–Crippen MR) is 108 cm³/mol. The second-order valence-corrected chi connectivity index (χ2v) is 6.10. The molecule has 0 unspecified atom stereocenters. The maximum absolute atomic E-state index is 12.0. The Morgan fingerprint density at radius 3 is 2.18 bits per heavy atom. The number of hydrogen-bond acceptors (Lipinski definition) is 4. The second kappa shape index (κ2) is 9.83. The summed E-state index contributed by atoms with van der Waals surface area (Å²) in [7, 11) is 0. The Morgan fingerprint density at radius 1 is 0.857 bits per heavy atom. The quantitative estimate of drug-likeness (QED) is 0.295. The molecule has 0 heterocycles. The fraction of sp³-hybridized carbons (Fsp3) is 0.0870. The van der Waals surface area contributed by atoms with E-state index in [1.807, 2.05) is 36.4 Å². The first kappa shape index (κ1) is 19.0. The molecular weight excluding hydrogens is 352 g/mol. The first-order chi connectivity index (χ1) is 13.7. The van der Waals surface area contributed by atoms with Gasteiger partial charge in [0.15, 0.2) is 0 Å². The van der Waals surface area contributed by atoms with Crippen molar-refractivity contribution in [1.82, 2.24) is 5.43 Å². The highest BCUT2D eigenvalue weighted by atomic mass is 16.5. The fourth-order valence-corrected chi connectivity index (χ4v) is 2.50. The third-order valence-corrected chi connectivity index (χ3v) is 3.99. The van der Waals surface area contributed by atoms with Crippen molar-refractivity contribution in [3.8, 4) is 5.75 Å². The molecule has 0 aliphatic rings. The molecule has 140 valence electrons. The molecule has 0 bridgehead atoms. The van der Waals surface area contributed by atoms with Gasteiger partial charge < -0.3 is 4.74 Å². The number of hydrogen-bond donors (Lipinski definition) is 1. The number of nitrogens with zero attached hydrogens (tertiary/aromatic N) is 1. The van der Waals surface area contributed by atoms with Crippen molar-refractivity contribution in [2.24, 2.45) is 5.10 Å². The minimum Gasteiger partial charge on any atom is -0.423 e. The molecule has 0 fully saturated rings. The van der Waals surface area contributed by atoms with Gasteiger partial charge in [-0.1, -0.05) is 48.5 Å². The summed E-state index contributed by atoms with van der Waals surface area (Å²) in [5.74, 6) is -0.112. The van der Waals surface area contributed by atoms with Crippen LogP contribution in [0.25, 0.3) is 0 Å². The monoisotopic (exact) mass is 372 g/mol. The smallest absolute Gasteiger partial charge is 0.343 e. The van der Waals surface area contributed by atoms with Gasteiger partial charge >= 0.3 is 5.97 Å². The van der Waals surface area contributed by atoms with Crippen molar-refractivity contribution in [1.29, 1.82) is 0 Å². The molecule has 28 heavy (non-hydrogen) atoms. The molecule has 0 aliphatic heterocycles. The molecular formula is C23H20N2O3. The third kappa shape index (κ3) is 5.92. The van der Waals surface area contributed by atoms with Crippen molar-refractivity contribution < 1.29 is 14.3 Å². The molecule has 0 aliphatic carbocycles. The van der Waals surface area contributed by atoms with Crippen LogP contribution in [0.4, 0.5) is 0 Å². The summed E-state index contributed by atoms with van der Waals surface area (Å²) in [4.78, 5) is 23.8. The number of rotatable bonds is 7. The number of nitrogens with one attached hydrogen (secondary N) is 1. The highest BCUT2D eigenvalue weighted by molar-refractivity contribution is 5.91. The molecule has 0 saturated heterocycles. The van der Waals surface area contributed by atoms with Gasteiger partial charge in [0.1, 0.15) is 5.75 Å². The van der Waals surface area contributed by atoms with Gasteiger partial charge in [0, 0.05) is 6.42 Å². The summed E-state index contributed by atoms with van der Waals surface area (Å²) in [6.45, 7) is 0. The summed E-state index contributed by atoms with van der Waals surface area (Å²) >= 11 is 0. The zero-order valence-electron chi connectivity index (χ0n) is 15.2. The van der Waals surface area contributed by atoms with Gasteiger partial charge in [-0.3, -0.25) is 4.79 Å².